The lowest BCUT2D eigenvalue weighted by molar-refractivity contribution is -0.123. The number of carbonyl (C=O) groups excluding carboxylic acids is 2. The summed E-state index contributed by atoms with van der Waals surface area (Å²) in [4.78, 5) is 31.5. The fourth-order valence-corrected chi connectivity index (χ4v) is 4.33. The summed E-state index contributed by atoms with van der Waals surface area (Å²) in [5.41, 5.74) is 4.62. The summed E-state index contributed by atoms with van der Waals surface area (Å²) >= 11 is 0. The third kappa shape index (κ3) is 6.02. The molecule has 1 atom stereocenters. The highest BCUT2D eigenvalue weighted by Crippen LogP contribution is 2.34. The first kappa shape index (κ1) is 23.1. The largest absolute Gasteiger partial charge is 0.350 e. The lowest BCUT2D eigenvalue weighted by Gasteiger charge is -2.19. The van der Waals surface area contributed by atoms with E-state index in [4.69, 9.17) is 0 Å². The van der Waals surface area contributed by atoms with E-state index in [0.717, 1.165) is 35.0 Å². The van der Waals surface area contributed by atoms with Crippen molar-refractivity contribution in [2.45, 2.75) is 51.7 Å². The highest BCUT2D eigenvalue weighted by Gasteiger charge is 2.27. The Balaban J connectivity index is 1.43. The summed E-state index contributed by atoms with van der Waals surface area (Å²) in [6.45, 7) is 3.24. The number of hydrogen-bond donors (Lipinski definition) is 3. The minimum absolute atomic E-state index is 0.129. The molecular formula is C27H34N4O2. The molecule has 0 aliphatic heterocycles. The molecule has 2 amide bonds. The van der Waals surface area contributed by atoms with E-state index in [1.54, 1.807) is 0 Å². The van der Waals surface area contributed by atoms with Crippen LogP contribution in [0.5, 0.6) is 0 Å². The topological polar surface area (TPSA) is 77.2 Å². The first-order chi connectivity index (χ1) is 15.9. The van der Waals surface area contributed by atoms with Gasteiger partial charge in [0.15, 0.2) is 0 Å². The molecule has 2 aromatic carbocycles. The predicted octanol–water partition coefficient (Wildman–Crippen LogP) is 4.14. The van der Waals surface area contributed by atoms with Gasteiger partial charge in [-0.1, -0.05) is 55.3 Å². The van der Waals surface area contributed by atoms with Crippen molar-refractivity contribution in [1.82, 2.24) is 20.5 Å². The number of para-hydroxylation sites is 1. The van der Waals surface area contributed by atoms with Crippen molar-refractivity contribution in [3.05, 3.63) is 70.9 Å². The zero-order valence-corrected chi connectivity index (χ0v) is 19.8. The summed E-state index contributed by atoms with van der Waals surface area (Å²) in [5.74, 6) is 0.332. The number of hydrogen-bond acceptors (Lipinski definition) is 3. The van der Waals surface area contributed by atoms with E-state index in [1.165, 1.54) is 18.4 Å². The molecule has 0 radical (unpaired) electrons. The summed E-state index contributed by atoms with van der Waals surface area (Å²) in [6.07, 6.45) is 4.06. The van der Waals surface area contributed by atoms with Crippen molar-refractivity contribution in [2.75, 3.05) is 14.1 Å². The fourth-order valence-electron chi connectivity index (χ4n) is 4.33. The Morgan fingerprint density at radius 3 is 2.58 bits per heavy atom. The van der Waals surface area contributed by atoms with Gasteiger partial charge in [0.2, 0.25) is 5.91 Å². The second-order valence-electron chi connectivity index (χ2n) is 9.49. The standard InChI is InChI=1S/C27H34N4O2/c1-18-22-9-4-5-10-23(22)29-25(18)27(33)30-24(14-13-19-11-12-19)26(32)28-16-20-7-6-8-21(15-20)17-31(2)3/h4-10,15,19,24,29H,11-14,16-17H2,1-3H3,(H,28,32)(H,30,33). The molecular weight excluding hydrogens is 412 g/mol. The van der Waals surface area contributed by atoms with Crippen molar-refractivity contribution in [2.24, 2.45) is 5.92 Å². The van der Waals surface area contributed by atoms with Crippen LogP contribution in [0.25, 0.3) is 10.9 Å². The quantitative estimate of drug-likeness (QED) is 0.438. The Labute approximate surface area is 195 Å². The second-order valence-corrected chi connectivity index (χ2v) is 9.49. The Morgan fingerprint density at radius 2 is 1.85 bits per heavy atom. The van der Waals surface area contributed by atoms with E-state index in [9.17, 15) is 9.59 Å². The van der Waals surface area contributed by atoms with Gasteiger partial charge in [-0.25, -0.2) is 0 Å². The molecule has 3 aromatic rings. The van der Waals surface area contributed by atoms with Crippen LogP contribution in [-0.4, -0.2) is 41.8 Å². The number of amides is 2. The van der Waals surface area contributed by atoms with Crippen LogP contribution in [-0.2, 0) is 17.9 Å². The van der Waals surface area contributed by atoms with Crippen molar-refractivity contribution < 1.29 is 9.59 Å². The molecule has 33 heavy (non-hydrogen) atoms. The fraction of sp³-hybridized carbons (Fsp3) is 0.407. The number of aromatic amines is 1. The second kappa shape index (κ2) is 10.2. The van der Waals surface area contributed by atoms with Gasteiger partial charge in [-0.15, -0.1) is 0 Å². The highest BCUT2D eigenvalue weighted by molar-refractivity contribution is 6.02. The van der Waals surface area contributed by atoms with E-state index < -0.39 is 6.04 Å². The van der Waals surface area contributed by atoms with Crippen molar-refractivity contribution in [1.29, 1.82) is 0 Å². The summed E-state index contributed by atoms with van der Waals surface area (Å²) in [6, 6.07) is 15.6. The van der Waals surface area contributed by atoms with Crippen molar-refractivity contribution in [3.8, 4) is 0 Å². The molecule has 4 rings (SSSR count). The minimum atomic E-state index is -0.547. The molecule has 1 heterocycles. The molecule has 1 unspecified atom stereocenters. The maximum atomic E-state index is 13.1. The number of aromatic nitrogens is 1. The molecule has 1 aliphatic rings. The number of fused-ring (bicyclic) bond motifs is 1. The number of rotatable bonds is 10. The van der Waals surface area contributed by atoms with Gasteiger partial charge in [0.1, 0.15) is 11.7 Å². The molecule has 0 spiro atoms. The Kier molecular flexibility index (Phi) is 7.14. The van der Waals surface area contributed by atoms with Crippen LogP contribution >= 0.6 is 0 Å². The van der Waals surface area contributed by atoms with Crippen LogP contribution in [0.4, 0.5) is 0 Å². The van der Waals surface area contributed by atoms with E-state index in [2.05, 4.69) is 32.7 Å². The number of aryl methyl sites for hydroxylation is 1. The molecule has 0 bridgehead atoms. The Bertz CT molecular complexity index is 1130. The third-order valence-electron chi connectivity index (χ3n) is 6.33. The number of H-pyrrole nitrogens is 1. The smallest absolute Gasteiger partial charge is 0.268 e. The van der Waals surface area contributed by atoms with Gasteiger partial charge >= 0.3 is 0 Å². The predicted molar refractivity (Wildman–Crippen MR) is 132 cm³/mol. The number of benzene rings is 2. The Hall–Kier alpha value is -3.12. The van der Waals surface area contributed by atoms with Gasteiger partial charge < -0.3 is 20.5 Å². The molecule has 1 aliphatic carbocycles. The normalized spacial score (nSPS) is 14.4. The number of nitrogens with one attached hydrogen (secondary N) is 3. The highest BCUT2D eigenvalue weighted by atomic mass is 16.2. The molecule has 1 fully saturated rings. The average Bonchev–Trinajstić information content (AvgIpc) is 3.56. The molecule has 1 aromatic heterocycles. The van der Waals surface area contributed by atoms with E-state index >= 15 is 0 Å². The first-order valence-electron chi connectivity index (χ1n) is 11.8. The van der Waals surface area contributed by atoms with Gasteiger partial charge in [0.05, 0.1) is 0 Å². The Morgan fingerprint density at radius 1 is 1.09 bits per heavy atom. The zero-order chi connectivity index (χ0) is 23.4. The zero-order valence-electron chi connectivity index (χ0n) is 19.8. The SMILES string of the molecule is Cc1c(C(=O)NC(CCC2CC2)C(=O)NCc2cccc(CN(C)C)c2)[nH]c2ccccc12. The molecule has 6 nitrogen and oxygen atoms in total. The summed E-state index contributed by atoms with van der Waals surface area (Å²) in [7, 11) is 4.08. The van der Waals surface area contributed by atoms with E-state index in [0.29, 0.717) is 24.6 Å². The lowest BCUT2D eigenvalue weighted by Crippen LogP contribution is -2.46. The summed E-state index contributed by atoms with van der Waals surface area (Å²) < 4.78 is 0. The monoisotopic (exact) mass is 446 g/mol. The minimum Gasteiger partial charge on any atom is -0.350 e. The van der Waals surface area contributed by atoms with E-state index in [-0.39, 0.29) is 11.8 Å². The van der Waals surface area contributed by atoms with Gasteiger partial charge in [0, 0.05) is 24.0 Å². The number of nitrogens with zero attached hydrogens (tertiary/aromatic N) is 1. The van der Waals surface area contributed by atoms with Crippen LogP contribution in [0.2, 0.25) is 0 Å². The van der Waals surface area contributed by atoms with Gasteiger partial charge in [-0.05, 0) is 62.5 Å². The van der Waals surface area contributed by atoms with Gasteiger partial charge in [-0.3, -0.25) is 9.59 Å². The summed E-state index contributed by atoms with van der Waals surface area (Å²) in [5, 5.41) is 7.07. The van der Waals surface area contributed by atoms with Crippen LogP contribution < -0.4 is 10.6 Å². The maximum Gasteiger partial charge on any atom is 0.268 e. The van der Waals surface area contributed by atoms with E-state index in [1.807, 2.05) is 57.4 Å². The molecule has 1 saturated carbocycles. The molecule has 3 N–H and O–H groups in total. The third-order valence-corrected chi connectivity index (χ3v) is 6.33. The van der Waals surface area contributed by atoms with Crippen LogP contribution in [0.1, 0.15) is 52.9 Å². The first-order valence-corrected chi connectivity index (χ1v) is 11.8. The molecule has 174 valence electrons. The molecule has 0 saturated heterocycles. The van der Waals surface area contributed by atoms with Crippen molar-refractivity contribution >= 4 is 22.7 Å². The molecule has 6 heteroatoms. The van der Waals surface area contributed by atoms with Crippen LogP contribution in [0, 0.1) is 12.8 Å². The van der Waals surface area contributed by atoms with Gasteiger partial charge in [0.25, 0.3) is 5.91 Å². The maximum absolute atomic E-state index is 13.1. The van der Waals surface area contributed by atoms with Crippen LogP contribution in [0.15, 0.2) is 48.5 Å². The van der Waals surface area contributed by atoms with Crippen molar-refractivity contribution in [3.63, 3.8) is 0 Å². The lowest BCUT2D eigenvalue weighted by atomic mass is 10.1. The van der Waals surface area contributed by atoms with Crippen LogP contribution in [0.3, 0.4) is 0 Å². The average molecular weight is 447 g/mol. The number of carbonyl (C=O) groups is 2. The van der Waals surface area contributed by atoms with Gasteiger partial charge in [-0.2, -0.15) is 0 Å².